The molecule has 21 heavy (non-hydrogen) atoms. The Morgan fingerprint density at radius 1 is 1.29 bits per heavy atom. The van der Waals surface area contributed by atoms with Crippen molar-refractivity contribution in [1.29, 1.82) is 0 Å². The van der Waals surface area contributed by atoms with Gasteiger partial charge in [0.1, 0.15) is 6.04 Å². The van der Waals surface area contributed by atoms with Gasteiger partial charge in [-0.05, 0) is 43.7 Å². The summed E-state index contributed by atoms with van der Waals surface area (Å²) in [7, 11) is 0. The summed E-state index contributed by atoms with van der Waals surface area (Å²) in [6.07, 6.45) is 3.18. The number of pyridine rings is 1. The first-order valence-corrected chi connectivity index (χ1v) is 6.72. The average Bonchev–Trinajstić information content (AvgIpc) is 2.48. The van der Waals surface area contributed by atoms with Crippen LogP contribution in [0.2, 0.25) is 0 Å². The lowest BCUT2D eigenvalue weighted by atomic mass is 10.2. The fourth-order valence-electron chi connectivity index (χ4n) is 1.76. The number of aromatic nitrogens is 1. The lowest BCUT2D eigenvalue weighted by Gasteiger charge is -2.13. The van der Waals surface area contributed by atoms with E-state index in [4.69, 9.17) is 0 Å². The Hall–Kier alpha value is -2.69. The molecule has 0 bridgehead atoms. The van der Waals surface area contributed by atoms with E-state index in [2.05, 4.69) is 20.8 Å². The summed E-state index contributed by atoms with van der Waals surface area (Å²) >= 11 is 0. The van der Waals surface area contributed by atoms with E-state index in [1.165, 1.54) is 6.21 Å². The van der Waals surface area contributed by atoms with Gasteiger partial charge in [0.15, 0.2) is 0 Å². The number of benzene rings is 1. The van der Waals surface area contributed by atoms with Crippen LogP contribution in [0.4, 0.5) is 5.69 Å². The quantitative estimate of drug-likeness (QED) is 0.653. The molecule has 5 heteroatoms. The van der Waals surface area contributed by atoms with Crippen molar-refractivity contribution in [2.75, 3.05) is 5.32 Å². The van der Waals surface area contributed by atoms with E-state index >= 15 is 0 Å². The maximum atomic E-state index is 11.9. The Kier molecular flexibility index (Phi) is 5.04. The standard InChI is InChI=1S/C16H18N4O/c1-12-6-5-8-14(10-12)19-13(2)16(21)20-18-11-15-7-3-4-9-17-15/h3-11,13,19H,1-2H3,(H,20,21)/t13-/m1/s1. The summed E-state index contributed by atoms with van der Waals surface area (Å²) in [4.78, 5) is 16.0. The van der Waals surface area contributed by atoms with Crippen LogP contribution in [0, 0.1) is 6.92 Å². The van der Waals surface area contributed by atoms with E-state index < -0.39 is 0 Å². The number of hydrogen-bond acceptors (Lipinski definition) is 4. The van der Waals surface area contributed by atoms with E-state index in [9.17, 15) is 4.79 Å². The van der Waals surface area contributed by atoms with E-state index in [0.29, 0.717) is 5.69 Å². The van der Waals surface area contributed by atoms with Crippen LogP contribution in [-0.4, -0.2) is 23.1 Å². The van der Waals surface area contributed by atoms with Gasteiger partial charge in [0.2, 0.25) is 0 Å². The molecule has 2 rings (SSSR count). The Morgan fingerprint density at radius 3 is 2.86 bits per heavy atom. The molecule has 0 spiro atoms. The molecule has 108 valence electrons. The zero-order valence-corrected chi connectivity index (χ0v) is 12.1. The molecule has 0 radical (unpaired) electrons. The number of anilines is 1. The average molecular weight is 282 g/mol. The Morgan fingerprint density at radius 2 is 2.14 bits per heavy atom. The van der Waals surface area contributed by atoms with Gasteiger partial charge in [-0.2, -0.15) is 5.10 Å². The van der Waals surface area contributed by atoms with Crippen LogP contribution in [0.25, 0.3) is 0 Å². The number of carbonyl (C=O) groups excluding carboxylic acids is 1. The Bertz CT molecular complexity index is 625. The molecule has 1 aromatic carbocycles. The van der Waals surface area contributed by atoms with Crippen LogP contribution >= 0.6 is 0 Å². The third-order valence-electron chi connectivity index (χ3n) is 2.85. The molecule has 0 aliphatic rings. The maximum Gasteiger partial charge on any atom is 0.262 e. The summed E-state index contributed by atoms with van der Waals surface area (Å²) in [5.41, 5.74) is 5.23. The first-order valence-electron chi connectivity index (χ1n) is 6.72. The highest BCUT2D eigenvalue weighted by atomic mass is 16.2. The van der Waals surface area contributed by atoms with Gasteiger partial charge < -0.3 is 5.32 Å². The van der Waals surface area contributed by atoms with Crippen molar-refractivity contribution in [3.8, 4) is 0 Å². The highest BCUT2D eigenvalue weighted by molar-refractivity contribution is 5.85. The highest BCUT2D eigenvalue weighted by Gasteiger charge is 2.11. The third kappa shape index (κ3) is 4.72. The maximum absolute atomic E-state index is 11.9. The number of rotatable bonds is 5. The van der Waals surface area contributed by atoms with Gasteiger partial charge in [0, 0.05) is 11.9 Å². The minimum absolute atomic E-state index is 0.205. The molecular formula is C16H18N4O. The molecular weight excluding hydrogens is 264 g/mol. The molecule has 0 aliphatic carbocycles. The number of aryl methyl sites for hydroxylation is 1. The summed E-state index contributed by atoms with van der Waals surface area (Å²) in [6.45, 7) is 3.79. The predicted octanol–water partition coefficient (Wildman–Crippen LogP) is 2.34. The van der Waals surface area contributed by atoms with Crippen LogP contribution in [0.3, 0.4) is 0 Å². The zero-order chi connectivity index (χ0) is 15.1. The van der Waals surface area contributed by atoms with Crippen molar-refractivity contribution in [2.45, 2.75) is 19.9 Å². The number of amides is 1. The van der Waals surface area contributed by atoms with Gasteiger partial charge in [-0.25, -0.2) is 5.43 Å². The number of nitrogens with zero attached hydrogens (tertiary/aromatic N) is 2. The third-order valence-corrected chi connectivity index (χ3v) is 2.85. The fraction of sp³-hybridized carbons (Fsp3) is 0.188. The van der Waals surface area contributed by atoms with Crippen LogP contribution in [0.1, 0.15) is 18.2 Å². The molecule has 2 aromatic rings. The molecule has 1 heterocycles. The topological polar surface area (TPSA) is 66.4 Å². The molecule has 5 nitrogen and oxygen atoms in total. The molecule has 0 saturated carbocycles. The van der Waals surface area contributed by atoms with Crippen molar-refractivity contribution in [2.24, 2.45) is 5.10 Å². The van der Waals surface area contributed by atoms with Gasteiger partial charge in [-0.3, -0.25) is 9.78 Å². The van der Waals surface area contributed by atoms with E-state index in [-0.39, 0.29) is 11.9 Å². The molecule has 0 unspecified atom stereocenters. The number of nitrogens with one attached hydrogen (secondary N) is 2. The lowest BCUT2D eigenvalue weighted by molar-refractivity contribution is -0.121. The molecule has 1 atom stereocenters. The zero-order valence-electron chi connectivity index (χ0n) is 12.1. The SMILES string of the molecule is Cc1cccc(N[C@H](C)C(=O)NN=Cc2ccccn2)c1. The van der Waals surface area contributed by atoms with Crippen LogP contribution in [0.15, 0.2) is 53.8 Å². The van der Waals surface area contributed by atoms with E-state index in [0.717, 1.165) is 11.3 Å². The highest BCUT2D eigenvalue weighted by Crippen LogP contribution is 2.10. The van der Waals surface area contributed by atoms with E-state index in [1.807, 2.05) is 49.4 Å². The fourth-order valence-corrected chi connectivity index (χ4v) is 1.76. The van der Waals surface area contributed by atoms with E-state index in [1.54, 1.807) is 13.1 Å². The Balaban J connectivity index is 1.87. The van der Waals surface area contributed by atoms with Crippen molar-refractivity contribution >= 4 is 17.8 Å². The molecule has 2 N–H and O–H groups in total. The second kappa shape index (κ2) is 7.19. The monoisotopic (exact) mass is 282 g/mol. The second-order valence-corrected chi connectivity index (χ2v) is 4.72. The van der Waals surface area contributed by atoms with Crippen LogP contribution in [0.5, 0.6) is 0 Å². The number of hydrogen-bond donors (Lipinski definition) is 2. The molecule has 0 saturated heterocycles. The predicted molar refractivity (Wildman–Crippen MR) is 84.2 cm³/mol. The first-order chi connectivity index (χ1) is 10.1. The summed E-state index contributed by atoms with van der Waals surface area (Å²) < 4.78 is 0. The van der Waals surface area contributed by atoms with Gasteiger partial charge in [-0.1, -0.05) is 18.2 Å². The largest absolute Gasteiger partial charge is 0.374 e. The Labute approximate surface area is 124 Å². The minimum atomic E-state index is -0.382. The molecule has 1 aromatic heterocycles. The summed E-state index contributed by atoms with van der Waals surface area (Å²) in [6, 6.07) is 13.0. The lowest BCUT2D eigenvalue weighted by Crippen LogP contribution is -2.34. The summed E-state index contributed by atoms with van der Waals surface area (Å²) in [5, 5.41) is 7.02. The molecule has 0 fully saturated rings. The smallest absolute Gasteiger partial charge is 0.262 e. The second-order valence-electron chi connectivity index (χ2n) is 4.72. The van der Waals surface area contributed by atoms with Crippen molar-refractivity contribution in [1.82, 2.24) is 10.4 Å². The van der Waals surface area contributed by atoms with Gasteiger partial charge in [0.25, 0.3) is 5.91 Å². The van der Waals surface area contributed by atoms with Gasteiger partial charge in [0.05, 0.1) is 11.9 Å². The normalized spacial score (nSPS) is 12.1. The number of carbonyl (C=O) groups is 1. The molecule has 0 aliphatic heterocycles. The van der Waals surface area contributed by atoms with Crippen molar-refractivity contribution in [3.05, 3.63) is 59.9 Å². The van der Waals surface area contributed by atoms with Crippen molar-refractivity contribution < 1.29 is 4.79 Å². The van der Waals surface area contributed by atoms with Gasteiger partial charge >= 0.3 is 0 Å². The molecule has 1 amide bonds. The first kappa shape index (κ1) is 14.7. The van der Waals surface area contributed by atoms with Gasteiger partial charge in [-0.15, -0.1) is 0 Å². The minimum Gasteiger partial charge on any atom is -0.374 e. The van der Waals surface area contributed by atoms with Crippen molar-refractivity contribution in [3.63, 3.8) is 0 Å². The van der Waals surface area contributed by atoms with Crippen LogP contribution in [-0.2, 0) is 4.79 Å². The number of hydrazone groups is 1. The summed E-state index contributed by atoms with van der Waals surface area (Å²) in [5.74, 6) is -0.205. The van der Waals surface area contributed by atoms with Crippen LogP contribution < -0.4 is 10.7 Å².